The molecule has 0 radical (unpaired) electrons. The van der Waals surface area contributed by atoms with Crippen molar-refractivity contribution >= 4 is 23.5 Å². The molecule has 2 saturated heterocycles. The van der Waals surface area contributed by atoms with Crippen molar-refractivity contribution in [1.29, 1.82) is 0 Å². The summed E-state index contributed by atoms with van der Waals surface area (Å²) in [5.41, 5.74) is 7.59. The molecule has 1 aromatic rings. The average molecular weight is 513 g/mol. The van der Waals surface area contributed by atoms with Crippen LogP contribution in [0.25, 0.3) is 0 Å². The topological polar surface area (TPSA) is 113 Å². The molecule has 4 unspecified atom stereocenters. The van der Waals surface area contributed by atoms with Crippen LogP contribution in [0.5, 0.6) is 0 Å². The van der Waals surface area contributed by atoms with Gasteiger partial charge in [-0.25, -0.2) is 0 Å². The van der Waals surface area contributed by atoms with Gasteiger partial charge in [-0.2, -0.15) is 0 Å². The van der Waals surface area contributed by atoms with Gasteiger partial charge in [0.15, 0.2) is 5.78 Å². The van der Waals surface area contributed by atoms with Gasteiger partial charge in [0.05, 0.1) is 18.6 Å². The fraction of sp³-hybridized carbons (Fsp3) is 0.655. The summed E-state index contributed by atoms with van der Waals surface area (Å²) in [6, 6.07) is 6.07. The van der Waals surface area contributed by atoms with Crippen LogP contribution in [0.4, 0.5) is 0 Å². The summed E-state index contributed by atoms with van der Waals surface area (Å²) in [6.45, 7) is 15.0. The second kappa shape index (κ2) is 10.9. The Morgan fingerprint density at radius 3 is 2.24 bits per heavy atom. The molecule has 2 aliphatic heterocycles. The van der Waals surface area contributed by atoms with E-state index in [1.54, 1.807) is 9.80 Å². The van der Waals surface area contributed by atoms with Gasteiger partial charge in [-0.15, -0.1) is 0 Å². The van der Waals surface area contributed by atoms with E-state index in [0.717, 1.165) is 0 Å². The number of likely N-dealkylation sites (tertiary alicyclic amines) is 2. The highest BCUT2D eigenvalue weighted by molar-refractivity contribution is 5.98. The highest BCUT2D eigenvalue weighted by atomic mass is 16.2. The van der Waals surface area contributed by atoms with Crippen molar-refractivity contribution in [2.75, 3.05) is 19.6 Å². The number of nitrogens with one attached hydrogen (secondary N) is 1. The number of carbonyl (C=O) groups is 4. The molecule has 4 atom stereocenters. The molecule has 2 fully saturated rings. The maximum absolute atomic E-state index is 13.1. The standard InChI is InChI=1S/C29H44N4O4/c1-18(12-14-31-26(36)19-8-10-20(11-9-19)28(2,3)4)16-23(35)32-15-13-21-24(32)22(34)17-33(21)27(37)25(30)29(5,6)7/h8-11,18,21,24-25H,12-17,30H2,1-7H3,(H,31,36). The van der Waals surface area contributed by atoms with Gasteiger partial charge < -0.3 is 20.9 Å². The van der Waals surface area contributed by atoms with Gasteiger partial charge in [0.2, 0.25) is 11.8 Å². The van der Waals surface area contributed by atoms with Crippen LogP contribution in [0.15, 0.2) is 24.3 Å². The largest absolute Gasteiger partial charge is 0.352 e. The maximum atomic E-state index is 13.1. The van der Waals surface area contributed by atoms with Crippen molar-refractivity contribution in [3.05, 3.63) is 35.4 Å². The minimum absolute atomic E-state index is 0.0139. The Kier molecular flexibility index (Phi) is 8.52. The van der Waals surface area contributed by atoms with Crippen molar-refractivity contribution in [3.63, 3.8) is 0 Å². The van der Waals surface area contributed by atoms with Crippen LogP contribution in [-0.4, -0.2) is 71.1 Å². The van der Waals surface area contributed by atoms with Crippen molar-refractivity contribution in [2.45, 2.75) is 91.3 Å². The third-order valence-corrected chi connectivity index (χ3v) is 7.68. The lowest BCUT2D eigenvalue weighted by Gasteiger charge is -2.32. The molecular weight excluding hydrogens is 468 g/mol. The highest BCUT2D eigenvalue weighted by Crippen LogP contribution is 2.32. The fourth-order valence-corrected chi connectivity index (χ4v) is 5.11. The number of carbonyl (C=O) groups excluding carboxylic acids is 4. The van der Waals surface area contributed by atoms with Crippen LogP contribution < -0.4 is 11.1 Å². The zero-order chi connectivity index (χ0) is 27.7. The zero-order valence-corrected chi connectivity index (χ0v) is 23.5. The normalized spacial score (nSPS) is 21.6. The number of fused-ring (bicyclic) bond motifs is 1. The molecule has 3 N–H and O–H groups in total. The second-order valence-electron chi connectivity index (χ2n) is 12.8. The Labute approximate surface area is 221 Å². The lowest BCUT2D eigenvalue weighted by molar-refractivity contribution is -0.137. The van der Waals surface area contributed by atoms with Gasteiger partial charge >= 0.3 is 0 Å². The summed E-state index contributed by atoms with van der Waals surface area (Å²) in [7, 11) is 0. The lowest BCUT2D eigenvalue weighted by Crippen LogP contribution is -2.52. The Morgan fingerprint density at radius 2 is 1.68 bits per heavy atom. The van der Waals surface area contributed by atoms with Gasteiger partial charge in [0.25, 0.3) is 5.91 Å². The molecule has 2 aliphatic rings. The predicted molar refractivity (Wildman–Crippen MR) is 144 cm³/mol. The Morgan fingerprint density at radius 1 is 1.05 bits per heavy atom. The van der Waals surface area contributed by atoms with Gasteiger partial charge in [-0.1, -0.05) is 60.6 Å². The lowest BCUT2D eigenvalue weighted by atomic mass is 9.86. The molecule has 0 aliphatic carbocycles. The molecular formula is C29H44N4O4. The quantitative estimate of drug-likeness (QED) is 0.583. The minimum atomic E-state index is -0.699. The minimum Gasteiger partial charge on any atom is -0.352 e. The highest BCUT2D eigenvalue weighted by Gasteiger charge is 2.52. The summed E-state index contributed by atoms with van der Waals surface area (Å²) >= 11 is 0. The van der Waals surface area contributed by atoms with Crippen LogP contribution in [-0.2, 0) is 19.8 Å². The molecule has 8 heteroatoms. The first-order valence-electron chi connectivity index (χ1n) is 13.4. The molecule has 0 saturated carbocycles. The predicted octanol–water partition coefficient (Wildman–Crippen LogP) is 2.88. The molecule has 1 aromatic carbocycles. The number of rotatable bonds is 7. The summed E-state index contributed by atoms with van der Waals surface area (Å²) in [5.74, 6) is -0.482. The van der Waals surface area contributed by atoms with E-state index in [1.165, 1.54) is 5.56 Å². The number of Topliss-reactive ketones (excluding diaryl/α,β-unsaturated/α-hetero) is 1. The van der Waals surface area contributed by atoms with Crippen LogP contribution in [0.1, 0.15) is 83.7 Å². The third-order valence-electron chi connectivity index (χ3n) is 7.68. The van der Waals surface area contributed by atoms with Gasteiger partial charge in [-0.05, 0) is 47.3 Å². The average Bonchev–Trinajstić information content (AvgIpc) is 3.38. The first kappa shape index (κ1) is 28.8. The number of nitrogens with two attached hydrogens (primary N) is 1. The molecule has 3 amide bonds. The van der Waals surface area contributed by atoms with Crippen molar-refractivity contribution < 1.29 is 19.2 Å². The number of amides is 3. The zero-order valence-electron chi connectivity index (χ0n) is 23.5. The third kappa shape index (κ3) is 6.58. The molecule has 2 heterocycles. The van der Waals surface area contributed by atoms with E-state index in [0.29, 0.717) is 37.9 Å². The first-order valence-corrected chi connectivity index (χ1v) is 13.4. The SMILES string of the molecule is CC(CCNC(=O)c1ccc(C(C)(C)C)cc1)CC(=O)N1CCC2C1C(=O)CN2C(=O)C(N)C(C)(C)C. The maximum Gasteiger partial charge on any atom is 0.251 e. The Hall–Kier alpha value is -2.74. The molecule has 3 rings (SSSR count). The number of ketones is 1. The van der Waals surface area contributed by atoms with E-state index < -0.39 is 17.5 Å². The molecule has 0 bridgehead atoms. The number of hydrogen-bond donors (Lipinski definition) is 2. The Bertz CT molecular complexity index is 1020. The van der Waals surface area contributed by atoms with E-state index in [4.69, 9.17) is 5.73 Å². The number of benzene rings is 1. The number of hydrogen-bond acceptors (Lipinski definition) is 5. The van der Waals surface area contributed by atoms with Gasteiger partial charge in [-0.3, -0.25) is 19.2 Å². The molecule has 0 aromatic heterocycles. The van der Waals surface area contributed by atoms with Crippen molar-refractivity contribution in [2.24, 2.45) is 17.1 Å². The molecule has 0 spiro atoms. The molecule has 37 heavy (non-hydrogen) atoms. The van der Waals surface area contributed by atoms with Crippen LogP contribution in [0, 0.1) is 11.3 Å². The van der Waals surface area contributed by atoms with E-state index in [-0.39, 0.29) is 47.4 Å². The van der Waals surface area contributed by atoms with Gasteiger partial charge in [0, 0.05) is 25.1 Å². The van der Waals surface area contributed by atoms with Crippen molar-refractivity contribution in [1.82, 2.24) is 15.1 Å². The van der Waals surface area contributed by atoms with Crippen LogP contribution in [0.3, 0.4) is 0 Å². The smallest absolute Gasteiger partial charge is 0.251 e. The summed E-state index contributed by atoms with van der Waals surface area (Å²) in [4.78, 5) is 54.7. The van der Waals surface area contributed by atoms with E-state index in [9.17, 15) is 19.2 Å². The van der Waals surface area contributed by atoms with Crippen LogP contribution >= 0.6 is 0 Å². The van der Waals surface area contributed by atoms with Crippen molar-refractivity contribution in [3.8, 4) is 0 Å². The molecule has 204 valence electrons. The summed E-state index contributed by atoms with van der Waals surface area (Å²) < 4.78 is 0. The number of nitrogens with zero attached hydrogens (tertiary/aromatic N) is 2. The first-order chi connectivity index (χ1) is 17.1. The Balaban J connectivity index is 1.49. The molecule has 8 nitrogen and oxygen atoms in total. The van der Waals surface area contributed by atoms with Crippen LogP contribution in [0.2, 0.25) is 0 Å². The summed E-state index contributed by atoms with van der Waals surface area (Å²) in [5, 5.41) is 2.94. The van der Waals surface area contributed by atoms with E-state index in [2.05, 4.69) is 26.1 Å². The van der Waals surface area contributed by atoms with E-state index in [1.807, 2.05) is 52.0 Å². The second-order valence-corrected chi connectivity index (χ2v) is 12.8. The van der Waals surface area contributed by atoms with E-state index >= 15 is 0 Å². The summed E-state index contributed by atoms with van der Waals surface area (Å²) in [6.07, 6.45) is 1.53. The fourth-order valence-electron chi connectivity index (χ4n) is 5.11. The van der Waals surface area contributed by atoms with Gasteiger partial charge in [0.1, 0.15) is 6.04 Å². The monoisotopic (exact) mass is 512 g/mol.